The van der Waals surface area contributed by atoms with Crippen LogP contribution in [0.2, 0.25) is 0 Å². The van der Waals surface area contributed by atoms with E-state index in [4.69, 9.17) is 4.74 Å². The van der Waals surface area contributed by atoms with Crippen LogP contribution >= 0.6 is 0 Å². The lowest BCUT2D eigenvalue weighted by atomic mass is 9.93. The highest BCUT2D eigenvalue weighted by Crippen LogP contribution is 2.22. The van der Waals surface area contributed by atoms with Gasteiger partial charge in [0.1, 0.15) is 5.75 Å². The maximum atomic E-state index is 5.48. The number of benzene rings is 1. The number of likely N-dealkylation sites (tertiary alicyclic amines) is 1. The molecule has 3 nitrogen and oxygen atoms in total. The minimum absolute atomic E-state index is 0.736. The van der Waals surface area contributed by atoms with Crippen molar-refractivity contribution in [1.82, 2.24) is 10.2 Å². The minimum Gasteiger partial charge on any atom is -0.494 e. The molecular weight excluding hydrogens is 248 g/mol. The van der Waals surface area contributed by atoms with Crippen LogP contribution < -0.4 is 10.1 Å². The summed E-state index contributed by atoms with van der Waals surface area (Å²) in [5, 5.41) is 3.26. The topological polar surface area (TPSA) is 24.5 Å². The third-order valence-electron chi connectivity index (χ3n) is 4.15. The number of nitrogens with zero attached hydrogens (tertiary/aromatic N) is 1. The van der Waals surface area contributed by atoms with E-state index < -0.39 is 0 Å². The molecule has 20 heavy (non-hydrogen) atoms. The van der Waals surface area contributed by atoms with Gasteiger partial charge in [-0.25, -0.2) is 0 Å². The number of rotatable bonds is 7. The summed E-state index contributed by atoms with van der Waals surface area (Å²) in [4.78, 5) is 2.57. The number of hydrogen-bond acceptors (Lipinski definition) is 3. The first-order valence-electron chi connectivity index (χ1n) is 7.90. The maximum absolute atomic E-state index is 5.48. The molecule has 0 amide bonds. The molecule has 1 saturated heterocycles. The summed E-state index contributed by atoms with van der Waals surface area (Å²) in [6.45, 7) is 7.46. The fraction of sp³-hybridized carbons (Fsp3) is 0.647. The largest absolute Gasteiger partial charge is 0.494 e. The van der Waals surface area contributed by atoms with E-state index in [1.807, 2.05) is 14.0 Å². The molecule has 2 rings (SSSR count). The fourth-order valence-corrected chi connectivity index (χ4v) is 2.90. The van der Waals surface area contributed by atoms with Gasteiger partial charge in [-0.05, 0) is 76.5 Å². The first-order chi connectivity index (χ1) is 9.81. The van der Waals surface area contributed by atoms with Gasteiger partial charge in [-0.3, -0.25) is 4.90 Å². The lowest BCUT2D eigenvalue weighted by molar-refractivity contribution is 0.172. The van der Waals surface area contributed by atoms with Gasteiger partial charge in [0.2, 0.25) is 0 Å². The van der Waals surface area contributed by atoms with Crippen molar-refractivity contribution in [3.05, 3.63) is 29.8 Å². The molecule has 0 aromatic heterocycles. The summed E-state index contributed by atoms with van der Waals surface area (Å²) >= 11 is 0. The maximum Gasteiger partial charge on any atom is 0.119 e. The summed E-state index contributed by atoms with van der Waals surface area (Å²) in [6.07, 6.45) is 4.02. The van der Waals surface area contributed by atoms with E-state index in [1.165, 1.54) is 37.9 Å². The Morgan fingerprint density at radius 2 is 1.90 bits per heavy atom. The molecule has 1 heterocycles. The zero-order chi connectivity index (χ0) is 14.2. The molecule has 0 saturated carbocycles. The van der Waals surface area contributed by atoms with E-state index >= 15 is 0 Å². The first kappa shape index (κ1) is 15.3. The van der Waals surface area contributed by atoms with Gasteiger partial charge in [0, 0.05) is 6.54 Å². The monoisotopic (exact) mass is 276 g/mol. The van der Waals surface area contributed by atoms with Gasteiger partial charge in [0.25, 0.3) is 0 Å². The minimum atomic E-state index is 0.736. The molecule has 1 N–H and O–H groups in total. The number of piperidine rings is 1. The standard InChI is InChI=1S/C17H28N2O/c1-3-20-17-6-4-16(5-7-17)14-19-12-9-15(10-13-19)8-11-18-2/h4-7,15,18H,3,8-14H2,1-2H3. The highest BCUT2D eigenvalue weighted by molar-refractivity contribution is 5.27. The Kier molecular flexibility index (Phi) is 6.34. The van der Waals surface area contributed by atoms with E-state index in [2.05, 4.69) is 34.5 Å². The predicted molar refractivity (Wildman–Crippen MR) is 84.2 cm³/mol. The second-order valence-electron chi connectivity index (χ2n) is 5.69. The quantitative estimate of drug-likeness (QED) is 0.829. The molecule has 0 unspecified atom stereocenters. The van der Waals surface area contributed by atoms with Crippen LogP contribution in [0, 0.1) is 5.92 Å². The molecule has 1 aliphatic heterocycles. The van der Waals surface area contributed by atoms with Crippen LogP contribution in [-0.4, -0.2) is 38.2 Å². The van der Waals surface area contributed by atoms with E-state index in [1.54, 1.807) is 0 Å². The Balaban J connectivity index is 1.74. The highest BCUT2D eigenvalue weighted by Gasteiger charge is 2.18. The second-order valence-corrected chi connectivity index (χ2v) is 5.69. The number of nitrogens with one attached hydrogen (secondary N) is 1. The van der Waals surface area contributed by atoms with Gasteiger partial charge in [0.15, 0.2) is 0 Å². The second kappa shape index (κ2) is 8.28. The normalized spacial score (nSPS) is 17.3. The van der Waals surface area contributed by atoms with E-state index in [0.29, 0.717) is 0 Å². The van der Waals surface area contributed by atoms with Gasteiger partial charge in [-0.1, -0.05) is 12.1 Å². The van der Waals surface area contributed by atoms with Crippen molar-refractivity contribution in [1.29, 1.82) is 0 Å². The van der Waals surface area contributed by atoms with Crippen LogP contribution in [0.25, 0.3) is 0 Å². The van der Waals surface area contributed by atoms with Gasteiger partial charge in [-0.2, -0.15) is 0 Å². The Morgan fingerprint density at radius 3 is 2.50 bits per heavy atom. The fourth-order valence-electron chi connectivity index (χ4n) is 2.90. The van der Waals surface area contributed by atoms with E-state index in [-0.39, 0.29) is 0 Å². The summed E-state index contributed by atoms with van der Waals surface area (Å²) in [6, 6.07) is 8.55. The van der Waals surface area contributed by atoms with Crippen molar-refractivity contribution >= 4 is 0 Å². The van der Waals surface area contributed by atoms with Crippen molar-refractivity contribution < 1.29 is 4.74 Å². The van der Waals surface area contributed by atoms with Crippen LogP contribution in [0.3, 0.4) is 0 Å². The van der Waals surface area contributed by atoms with Crippen LogP contribution in [0.5, 0.6) is 5.75 Å². The molecule has 0 aliphatic carbocycles. The zero-order valence-electron chi connectivity index (χ0n) is 12.9. The molecule has 1 aliphatic rings. The predicted octanol–water partition coefficient (Wildman–Crippen LogP) is 2.91. The molecule has 0 spiro atoms. The summed E-state index contributed by atoms with van der Waals surface area (Å²) in [5.41, 5.74) is 1.39. The lowest BCUT2D eigenvalue weighted by Crippen LogP contribution is -2.34. The average Bonchev–Trinajstić information content (AvgIpc) is 2.49. The number of hydrogen-bond donors (Lipinski definition) is 1. The van der Waals surface area contributed by atoms with Gasteiger partial charge in [-0.15, -0.1) is 0 Å². The van der Waals surface area contributed by atoms with Crippen molar-refractivity contribution in [2.24, 2.45) is 5.92 Å². The lowest BCUT2D eigenvalue weighted by Gasteiger charge is -2.32. The molecule has 0 radical (unpaired) electrons. The van der Waals surface area contributed by atoms with Gasteiger partial charge in [0.05, 0.1) is 6.61 Å². The molecule has 112 valence electrons. The third-order valence-corrected chi connectivity index (χ3v) is 4.15. The smallest absolute Gasteiger partial charge is 0.119 e. The Hall–Kier alpha value is -1.06. The van der Waals surface area contributed by atoms with Crippen LogP contribution in [0.4, 0.5) is 0 Å². The van der Waals surface area contributed by atoms with Crippen molar-refractivity contribution in [3.63, 3.8) is 0 Å². The van der Waals surface area contributed by atoms with E-state index in [9.17, 15) is 0 Å². The molecule has 1 aromatic carbocycles. The first-order valence-corrected chi connectivity index (χ1v) is 7.90. The van der Waals surface area contributed by atoms with Crippen molar-refractivity contribution in [2.75, 3.05) is 33.3 Å². The molecule has 0 atom stereocenters. The summed E-state index contributed by atoms with van der Waals surface area (Å²) < 4.78 is 5.48. The molecular formula is C17H28N2O. The van der Waals surface area contributed by atoms with Crippen molar-refractivity contribution in [2.45, 2.75) is 32.7 Å². The summed E-state index contributed by atoms with van der Waals surface area (Å²) in [5.74, 6) is 1.89. The molecule has 1 fully saturated rings. The van der Waals surface area contributed by atoms with Crippen molar-refractivity contribution in [3.8, 4) is 5.75 Å². The van der Waals surface area contributed by atoms with E-state index in [0.717, 1.165) is 31.4 Å². The van der Waals surface area contributed by atoms with Crippen LogP contribution in [0.1, 0.15) is 31.7 Å². The number of ether oxygens (including phenoxy) is 1. The van der Waals surface area contributed by atoms with Crippen LogP contribution in [-0.2, 0) is 6.54 Å². The van der Waals surface area contributed by atoms with Gasteiger partial charge >= 0.3 is 0 Å². The summed E-state index contributed by atoms with van der Waals surface area (Å²) in [7, 11) is 2.04. The molecule has 0 bridgehead atoms. The SMILES string of the molecule is CCOc1ccc(CN2CCC(CCNC)CC2)cc1. The molecule has 3 heteroatoms. The molecule has 1 aromatic rings. The Morgan fingerprint density at radius 1 is 1.20 bits per heavy atom. The van der Waals surface area contributed by atoms with Gasteiger partial charge < -0.3 is 10.1 Å². The Bertz CT molecular complexity index is 369. The zero-order valence-corrected chi connectivity index (χ0v) is 12.9. The van der Waals surface area contributed by atoms with Crippen LogP contribution in [0.15, 0.2) is 24.3 Å². The highest BCUT2D eigenvalue weighted by atomic mass is 16.5. The third kappa shape index (κ3) is 4.80. The Labute approximate surface area is 123 Å². The average molecular weight is 276 g/mol.